The van der Waals surface area contributed by atoms with Gasteiger partial charge in [0.15, 0.2) is 5.65 Å². The standard InChI is InChI=1S/C31H39N5O3.C19H24N6O2.C2H6/c1-3-21(2)27(30(32)37)18-33-31(38)26-16-24(17-29-28(26)19-34-36(29)25-6-4-5-7-25)23-10-8-22(9-11-23)20-35-12-14-39-15-13-35;1-10(2)25-17-15(9-22-25)13(7-16(20-5)24-17)18(26)21-8-14-11(3)6-12(4)23-19(14)27;1-2/h8-11,16-17,19,25H,3-7,12-15,18,20H2,1-2H3,(H2,32,37)(H,33,38);6-7,9-10H,8H2,1-5H3,(H,20,24)(H,21,26)(H,23,27);1-2H3/b27-21-;;. The Labute approximate surface area is 399 Å². The third-order valence-electron chi connectivity index (χ3n) is 12.7. The minimum atomic E-state index is -0.500. The summed E-state index contributed by atoms with van der Waals surface area (Å²) in [6, 6.07) is 16.7. The number of aromatic nitrogens is 6. The molecule has 4 aromatic heterocycles. The first kappa shape index (κ1) is 50.8. The Hall–Kier alpha value is -6.65. The lowest BCUT2D eigenvalue weighted by molar-refractivity contribution is -0.114. The van der Waals surface area contributed by atoms with Crippen molar-refractivity contribution in [1.29, 1.82) is 0 Å². The Balaban J connectivity index is 0.000000230. The molecule has 2 aliphatic rings. The topological polar surface area (TPSA) is 207 Å². The molecule has 0 bridgehead atoms. The minimum Gasteiger partial charge on any atom is -0.379 e. The van der Waals surface area contributed by atoms with Crippen molar-refractivity contribution in [2.24, 2.45) is 5.73 Å². The highest BCUT2D eigenvalue weighted by molar-refractivity contribution is 6.09. The van der Waals surface area contributed by atoms with Gasteiger partial charge in [0.25, 0.3) is 17.4 Å². The molecule has 6 aromatic rings. The molecule has 3 amide bonds. The highest BCUT2D eigenvalue weighted by atomic mass is 16.5. The van der Waals surface area contributed by atoms with Crippen molar-refractivity contribution >= 4 is 45.5 Å². The molecule has 5 heterocycles. The molecule has 362 valence electrons. The van der Waals surface area contributed by atoms with Gasteiger partial charge in [-0.25, -0.2) is 9.67 Å². The van der Waals surface area contributed by atoms with Gasteiger partial charge in [-0.1, -0.05) is 63.5 Å². The number of aromatic amines is 1. The molecular weight excluding hydrogens is 859 g/mol. The zero-order valence-corrected chi connectivity index (χ0v) is 41.2. The molecule has 0 spiro atoms. The first-order valence-electron chi connectivity index (χ1n) is 24.0. The summed E-state index contributed by atoms with van der Waals surface area (Å²) in [5.74, 6) is -0.430. The lowest BCUT2D eigenvalue weighted by Crippen LogP contribution is -2.35. The number of carbonyl (C=O) groups is 3. The number of nitrogens with zero attached hydrogens (tertiary/aromatic N) is 6. The predicted molar refractivity (Wildman–Crippen MR) is 270 cm³/mol. The van der Waals surface area contributed by atoms with Gasteiger partial charge in [0.1, 0.15) is 5.82 Å². The number of allylic oxidation sites excluding steroid dienone is 1. The number of fused-ring (bicyclic) bond motifs is 2. The van der Waals surface area contributed by atoms with Crippen molar-refractivity contribution < 1.29 is 19.1 Å². The molecule has 8 rings (SSSR count). The smallest absolute Gasteiger partial charge is 0.253 e. The van der Waals surface area contributed by atoms with E-state index in [1.807, 2.05) is 67.5 Å². The van der Waals surface area contributed by atoms with E-state index in [9.17, 15) is 19.2 Å². The Morgan fingerprint density at radius 2 is 1.56 bits per heavy atom. The molecule has 2 fully saturated rings. The second kappa shape index (κ2) is 23.4. The van der Waals surface area contributed by atoms with Gasteiger partial charge in [0.05, 0.1) is 53.7 Å². The molecule has 1 saturated carbocycles. The fourth-order valence-corrected chi connectivity index (χ4v) is 8.76. The van der Waals surface area contributed by atoms with Crippen LogP contribution in [0.15, 0.2) is 76.9 Å². The minimum absolute atomic E-state index is 0.104. The van der Waals surface area contributed by atoms with Gasteiger partial charge in [-0.15, -0.1) is 0 Å². The quantitative estimate of drug-likeness (QED) is 0.0668. The second-order valence-corrected chi connectivity index (χ2v) is 17.6. The zero-order chi connectivity index (χ0) is 49.1. The summed E-state index contributed by atoms with van der Waals surface area (Å²) in [4.78, 5) is 60.3. The van der Waals surface area contributed by atoms with Crippen LogP contribution in [0.5, 0.6) is 0 Å². The van der Waals surface area contributed by atoms with Crippen molar-refractivity contribution in [1.82, 2.24) is 45.1 Å². The van der Waals surface area contributed by atoms with E-state index in [0.717, 1.165) is 84.5 Å². The highest BCUT2D eigenvalue weighted by Crippen LogP contribution is 2.35. The van der Waals surface area contributed by atoms with Crippen molar-refractivity contribution in [2.75, 3.05) is 45.2 Å². The third-order valence-corrected chi connectivity index (χ3v) is 12.7. The molecule has 16 nitrogen and oxygen atoms in total. The summed E-state index contributed by atoms with van der Waals surface area (Å²) in [5, 5.41) is 19.4. The molecule has 0 unspecified atom stereocenters. The van der Waals surface area contributed by atoms with Crippen LogP contribution in [-0.4, -0.2) is 92.0 Å². The summed E-state index contributed by atoms with van der Waals surface area (Å²) < 4.78 is 9.35. The van der Waals surface area contributed by atoms with Gasteiger partial charge >= 0.3 is 0 Å². The fourth-order valence-electron chi connectivity index (χ4n) is 8.76. The molecule has 2 aromatic carbocycles. The highest BCUT2D eigenvalue weighted by Gasteiger charge is 2.24. The van der Waals surface area contributed by atoms with Crippen LogP contribution >= 0.6 is 0 Å². The number of rotatable bonds is 14. The Morgan fingerprint density at radius 1 is 0.897 bits per heavy atom. The Morgan fingerprint density at radius 3 is 2.19 bits per heavy atom. The number of H-pyrrole nitrogens is 1. The summed E-state index contributed by atoms with van der Waals surface area (Å²) >= 11 is 0. The summed E-state index contributed by atoms with van der Waals surface area (Å²) in [6.07, 6.45) is 8.75. The SMILES string of the molecule is CC.CC/C(C)=C(/CNC(=O)c1cc(-c2ccc(CN3CCOCC3)cc2)cc2c1cnn2C1CCCC1)C(N)=O.CNc1cc(C(=O)NCc2c(C)cc(C)[nH]c2=O)c2cnn(C(C)C)c2n1. The lowest BCUT2D eigenvalue weighted by Gasteiger charge is -2.26. The van der Waals surface area contributed by atoms with Gasteiger partial charge < -0.3 is 31.4 Å². The van der Waals surface area contributed by atoms with Gasteiger partial charge in [-0.05, 0) is 100 Å². The van der Waals surface area contributed by atoms with Crippen LogP contribution in [0.3, 0.4) is 0 Å². The number of nitrogens with one attached hydrogen (secondary N) is 4. The van der Waals surface area contributed by atoms with E-state index in [0.29, 0.717) is 51.6 Å². The molecule has 0 radical (unpaired) electrons. The van der Waals surface area contributed by atoms with Crippen LogP contribution in [0.2, 0.25) is 0 Å². The van der Waals surface area contributed by atoms with E-state index in [1.54, 1.807) is 30.2 Å². The van der Waals surface area contributed by atoms with Gasteiger partial charge in [-0.2, -0.15) is 10.2 Å². The van der Waals surface area contributed by atoms with E-state index in [-0.39, 0.29) is 36.5 Å². The lowest BCUT2D eigenvalue weighted by atomic mass is 9.98. The molecule has 1 aliphatic carbocycles. The Kier molecular flexibility index (Phi) is 17.5. The largest absolute Gasteiger partial charge is 0.379 e. The molecule has 1 aliphatic heterocycles. The summed E-state index contributed by atoms with van der Waals surface area (Å²) in [5.41, 5.74) is 14.9. The number of carbonyl (C=O) groups excluding carboxylic acids is 3. The number of morpholine rings is 1. The number of amides is 3. The number of hydrogen-bond acceptors (Lipinski definition) is 10. The van der Waals surface area contributed by atoms with E-state index in [1.165, 1.54) is 18.4 Å². The summed E-state index contributed by atoms with van der Waals surface area (Å²) in [7, 11) is 1.75. The molecule has 0 atom stereocenters. The van der Waals surface area contributed by atoms with E-state index >= 15 is 0 Å². The summed E-state index contributed by atoms with van der Waals surface area (Å²) in [6.45, 7) is 20.2. The number of primary amides is 1. The van der Waals surface area contributed by atoms with Crippen molar-refractivity contribution in [2.45, 2.75) is 113 Å². The number of nitrogens with two attached hydrogens (primary N) is 1. The maximum Gasteiger partial charge on any atom is 0.253 e. The van der Waals surface area contributed by atoms with Crippen LogP contribution < -0.4 is 27.2 Å². The van der Waals surface area contributed by atoms with Crippen molar-refractivity contribution in [3.05, 3.63) is 116 Å². The number of ether oxygens (including phenoxy) is 1. The average molecular weight is 928 g/mol. The van der Waals surface area contributed by atoms with Crippen molar-refractivity contribution in [3.8, 4) is 11.1 Å². The first-order chi connectivity index (χ1) is 32.8. The van der Waals surface area contributed by atoms with Crippen LogP contribution in [-0.2, 0) is 22.6 Å². The van der Waals surface area contributed by atoms with E-state index < -0.39 is 5.91 Å². The zero-order valence-electron chi connectivity index (χ0n) is 41.2. The number of hydrogen-bond donors (Lipinski definition) is 5. The maximum atomic E-state index is 13.5. The molecule has 1 saturated heterocycles. The van der Waals surface area contributed by atoms with Crippen LogP contribution in [0.1, 0.15) is 129 Å². The van der Waals surface area contributed by atoms with Crippen LogP contribution in [0, 0.1) is 13.8 Å². The maximum absolute atomic E-state index is 13.5. The molecular formula is C52H69N11O5. The van der Waals surface area contributed by atoms with Crippen molar-refractivity contribution in [3.63, 3.8) is 0 Å². The number of pyridine rings is 2. The third kappa shape index (κ3) is 11.9. The average Bonchev–Trinajstić information content (AvgIpc) is 4.13. The molecule has 16 heteroatoms. The number of aryl methyl sites for hydroxylation is 2. The molecule has 6 N–H and O–H groups in total. The second-order valence-electron chi connectivity index (χ2n) is 17.6. The Bertz CT molecular complexity index is 2810. The number of anilines is 1. The van der Waals surface area contributed by atoms with Gasteiger partial charge in [0, 0.05) is 68.0 Å². The van der Waals surface area contributed by atoms with Crippen LogP contribution in [0.4, 0.5) is 5.82 Å². The van der Waals surface area contributed by atoms with E-state index in [2.05, 4.69) is 70.9 Å². The van der Waals surface area contributed by atoms with Crippen LogP contribution in [0.25, 0.3) is 33.1 Å². The predicted octanol–water partition coefficient (Wildman–Crippen LogP) is 7.91. The first-order valence-corrected chi connectivity index (χ1v) is 24.0. The fraction of sp³-hybridized carbons (Fsp3) is 0.442. The van der Waals surface area contributed by atoms with E-state index in [4.69, 9.17) is 15.6 Å². The van der Waals surface area contributed by atoms with Gasteiger partial charge in [-0.3, -0.25) is 28.8 Å². The number of benzene rings is 2. The van der Waals surface area contributed by atoms with Gasteiger partial charge in [0.2, 0.25) is 5.91 Å². The normalized spacial score (nSPS) is 14.5. The molecule has 68 heavy (non-hydrogen) atoms. The monoisotopic (exact) mass is 928 g/mol.